The van der Waals surface area contributed by atoms with Crippen molar-refractivity contribution in [3.63, 3.8) is 0 Å². The van der Waals surface area contributed by atoms with Crippen LogP contribution >= 0.6 is 11.6 Å². The molecule has 0 fully saturated rings. The minimum absolute atomic E-state index is 0. The molecule has 0 N–H and O–H groups in total. The van der Waals surface area contributed by atoms with E-state index in [0.717, 1.165) is 0 Å². The Hall–Kier alpha value is 0.447. The third-order valence-corrected chi connectivity index (χ3v) is 0.308. The molecule has 0 rings (SSSR count). The summed E-state index contributed by atoms with van der Waals surface area (Å²) in [4.78, 5) is 0. The molecule has 0 aromatic rings. The zero-order valence-corrected chi connectivity index (χ0v) is 4.71. The molecule has 0 aliphatic rings. The van der Waals surface area contributed by atoms with E-state index in [0.29, 0.717) is 0 Å². The molecule has 0 amide bonds. The summed E-state index contributed by atoms with van der Waals surface area (Å²) in [6, 6.07) is 0. The van der Waals surface area contributed by atoms with Gasteiger partial charge in [-0.1, -0.05) is 0 Å². The molecular weight excluding hydrogens is 90.4 g/mol. The van der Waals surface area contributed by atoms with Crippen LogP contribution in [0.5, 0.6) is 0 Å². The zero-order valence-electron chi connectivity index (χ0n) is 3.96. The predicted molar refractivity (Wildman–Crippen MR) is 22.4 cm³/mol. The molecule has 0 radical (unpaired) electrons. The standard InChI is InChI=1S/C4H4Cl.Li/c1-3-4(2)5;/h4H,2H3;/q-1;+1/t4-;/m1./s1. The summed E-state index contributed by atoms with van der Waals surface area (Å²) in [7, 11) is 0. The van der Waals surface area contributed by atoms with Crippen molar-refractivity contribution < 1.29 is 18.9 Å². The van der Waals surface area contributed by atoms with Crippen molar-refractivity contribution in [2.45, 2.75) is 12.3 Å². The smallest absolute Gasteiger partial charge is 0.692 e. The second-order valence-corrected chi connectivity index (χ2v) is 1.41. The normalized spacial score (nSPS) is 10.8. The monoisotopic (exact) mass is 94.0 g/mol. The fraction of sp³-hybridized carbons (Fsp3) is 0.500. The summed E-state index contributed by atoms with van der Waals surface area (Å²) in [6.07, 6.45) is 6.28. The van der Waals surface area contributed by atoms with Crippen molar-refractivity contribution >= 4 is 11.6 Å². The van der Waals surface area contributed by atoms with Crippen LogP contribution in [0, 0.1) is 12.3 Å². The molecule has 0 saturated heterocycles. The van der Waals surface area contributed by atoms with E-state index in [4.69, 9.17) is 18.0 Å². The van der Waals surface area contributed by atoms with E-state index in [1.54, 1.807) is 6.92 Å². The van der Waals surface area contributed by atoms with E-state index >= 15 is 0 Å². The minimum Gasteiger partial charge on any atom is -0.692 e. The topological polar surface area (TPSA) is 0 Å². The third-order valence-electron chi connectivity index (χ3n) is 0.199. The minimum atomic E-state index is -0.227. The Morgan fingerprint density at radius 1 is 1.83 bits per heavy atom. The van der Waals surface area contributed by atoms with Gasteiger partial charge in [0, 0.05) is 0 Å². The van der Waals surface area contributed by atoms with Crippen molar-refractivity contribution in [3.8, 4) is 5.92 Å². The number of hydrogen-bond donors (Lipinski definition) is 0. The molecule has 0 aromatic carbocycles. The van der Waals surface area contributed by atoms with E-state index in [-0.39, 0.29) is 24.2 Å². The van der Waals surface area contributed by atoms with E-state index in [1.807, 2.05) is 5.92 Å². The Morgan fingerprint density at radius 2 is 2.00 bits per heavy atom. The first-order valence-electron chi connectivity index (χ1n) is 1.33. The van der Waals surface area contributed by atoms with Gasteiger partial charge < -0.3 is 12.3 Å². The summed E-state index contributed by atoms with van der Waals surface area (Å²) in [6.45, 7) is 1.69. The zero-order chi connectivity index (χ0) is 4.28. The van der Waals surface area contributed by atoms with Gasteiger partial charge in [0.1, 0.15) is 0 Å². The third kappa shape index (κ3) is 8.82. The van der Waals surface area contributed by atoms with Crippen LogP contribution < -0.4 is 18.9 Å². The molecule has 0 bridgehead atoms. The second kappa shape index (κ2) is 5.45. The first kappa shape index (κ1) is 9.67. The van der Waals surface area contributed by atoms with Crippen LogP contribution in [0.2, 0.25) is 0 Å². The quantitative estimate of drug-likeness (QED) is 0.144. The van der Waals surface area contributed by atoms with Crippen LogP contribution in [0.4, 0.5) is 0 Å². The van der Waals surface area contributed by atoms with E-state index < -0.39 is 0 Å². The van der Waals surface area contributed by atoms with Gasteiger partial charge in [0.15, 0.2) is 0 Å². The molecule has 28 valence electrons. The van der Waals surface area contributed by atoms with Gasteiger partial charge in [0.25, 0.3) is 0 Å². The molecule has 0 aliphatic carbocycles. The Kier molecular flexibility index (Phi) is 8.78. The maximum Gasteiger partial charge on any atom is 1.00 e. The molecule has 0 aromatic heterocycles. The summed E-state index contributed by atoms with van der Waals surface area (Å²) in [5.74, 6) is 2.04. The maximum absolute atomic E-state index is 6.28. The van der Waals surface area contributed by atoms with Gasteiger partial charge >= 0.3 is 18.9 Å². The van der Waals surface area contributed by atoms with Gasteiger partial charge in [-0.2, -0.15) is 0 Å². The summed E-state index contributed by atoms with van der Waals surface area (Å²) in [5.41, 5.74) is 0. The predicted octanol–water partition coefficient (Wildman–Crippen LogP) is -1.79. The van der Waals surface area contributed by atoms with Gasteiger partial charge in [0.2, 0.25) is 0 Å². The van der Waals surface area contributed by atoms with Gasteiger partial charge in [-0.05, 0) is 6.92 Å². The molecule has 0 unspecified atom stereocenters. The van der Waals surface area contributed by atoms with Gasteiger partial charge in [0.05, 0.1) is 5.38 Å². The van der Waals surface area contributed by atoms with Crippen LogP contribution in [0.3, 0.4) is 0 Å². The molecule has 0 spiro atoms. The van der Waals surface area contributed by atoms with Crippen molar-refractivity contribution in [3.05, 3.63) is 6.42 Å². The molecule has 0 heterocycles. The fourth-order valence-electron chi connectivity index (χ4n) is 0. The largest absolute Gasteiger partial charge is 1.00 e. The number of hydrogen-bond acceptors (Lipinski definition) is 0. The van der Waals surface area contributed by atoms with Gasteiger partial charge in [-0.3, -0.25) is 0 Å². The van der Waals surface area contributed by atoms with Crippen LogP contribution in [0.15, 0.2) is 0 Å². The van der Waals surface area contributed by atoms with Crippen LogP contribution in [-0.4, -0.2) is 5.38 Å². The van der Waals surface area contributed by atoms with Crippen LogP contribution in [-0.2, 0) is 0 Å². The Bertz CT molecular complexity index is 53.1. The van der Waals surface area contributed by atoms with Gasteiger partial charge in [-0.15, -0.1) is 11.6 Å². The Labute approximate surface area is 55.4 Å². The molecule has 2 heteroatoms. The average Bonchev–Trinajstić information content (AvgIpc) is 1.38. The van der Waals surface area contributed by atoms with Crippen LogP contribution in [0.25, 0.3) is 0 Å². The van der Waals surface area contributed by atoms with E-state index in [1.165, 1.54) is 0 Å². The summed E-state index contributed by atoms with van der Waals surface area (Å²) < 4.78 is 0. The van der Waals surface area contributed by atoms with Crippen molar-refractivity contribution in [2.24, 2.45) is 0 Å². The summed E-state index contributed by atoms with van der Waals surface area (Å²) >= 11 is 5.16. The molecule has 0 nitrogen and oxygen atoms in total. The average molecular weight is 94.5 g/mol. The maximum atomic E-state index is 6.28. The van der Waals surface area contributed by atoms with Crippen molar-refractivity contribution in [1.29, 1.82) is 0 Å². The van der Waals surface area contributed by atoms with Crippen molar-refractivity contribution in [2.75, 3.05) is 0 Å². The molecule has 1 atom stereocenters. The number of halogens is 1. The first-order chi connectivity index (χ1) is 2.27. The van der Waals surface area contributed by atoms with Crippen LogP contribution in [0.1, 0.15) is 6.92 Å². The van der Waals surface area contributed by atoms with Crippen molar-refractivity contribution in [1.82, 2.24) is 0 Å². The molecule has 6 heavy (non-hydrogen) atoms. The van der Waals surface area contributed by atoms with Gasteiger partial charge in [-0.25, -0.2) is 0 Å². The SMILES string of the molecule is [C-]#C[C@@H](C)Cl.[Li+]. The van der Waals surface area contributed by atoms with E-state index in [9.17, 15) is 0 Å². The second-order valence-electron chi connectivity index (χ2n) is 0.760. The molecule has 0 aliphatic heterocycles. The van der Waals surface area contributed by atoms with E-state index in [2.05, 4.69) is 0 Å². The molecule has 0 saturated carbocycles. The first-order valence-corrected chi connectivity index (χ1v) is 1.77. The Morgan fingerprint density at radius 3 is 2.00 bits per heavy atom. The molecular formula is C4H4ClLi. The Balaban J connectivity index is 0. The number of alkyl halides is 1. The number of rotatable bonds is 0. The fourth-order valence-corrected chi connectivity index (χ4v) is 0. The summed E-state index contributed by atoms with van der Waals surface area (Å²) in [5, 5.41) is -0.227.